The quantitative estimate of drug-likeness (QED) is 0.732. The van der Waals surface area contributed by atoms with Crippen LogP contribution in [0.3, 0.4) is 0 Å². The maximum atomic E-state index is 13.6. The second-order valence-corrected chi connectivity index (χ2v) is 10.2. The topological polar surface area (TPSA) is 84.5 Å². The standard InChI is InChI=1S/C25H30N6O/c1-6-25(17-9-7-8-16(10-17)20-14-27-30-31(20)15(2)3)18-13-26-29-23(18)28-19-11-24(4,5)12-21(32)22(19)25/h7-10,13-15,23,28H,6,11-12H2,1-5H3. The van der Waals surface area contributed by atoms with Gasteiger partial charge in [-0.1, -0.05) is 44.2 Å². The SMILES string of the molecule is CCC1(c2cccc(-c3cnnn3C(C)C)c2)C2=CN=NC2NC2=C1C(=O)CC(C)(C)C2. The number of nitrogens with zero attached hydrogens (tertiary/aromatic N) is 5. The average molecular weight is 431 g/mol. The third kappa shape index (κ3) is 2.98. The second kappa shape index (κ2) is 7.22. The van der Waals surface area contributed by atoms with E-state index in [1.807, 2.05) is 10.9 Å². The number of nitrogens with one attached hydrogen (secondary N) is 1. The van der Waals surface area contributed by atoms with Gasteiger partial charge in [0.05, 0.1) is 23.5 Å². The van der Waals surface area contributed by atoms with Crippen LogP contribution in [0.5, 0.6) is 0 Å². The Morgan fingerprint density at radius 2 is 2.06 bits per heavy atom. The van der Waals surface area contributed by atoms with E-state index in [0.29, 0.717) is 6.42 Å². The van der Waals surface area contributed by atoms with Crippen molar-refractivity contribution in [3.8, 4) is 11.3 Å². The van der Waals surface area contributed by atoms with Crippen LogP contribution in [-0.2, 0) is 10.2 Å². The van der Waals surface area contributed by atoms with Gasteiger partial charge in [0.2, 0.25) is 0 Å². The number of fused-ring (bicyclic) bond motifs is 1. The predicted octanol–water partition coefficient (Wildman–Crippen LogP) is 5.10. The smallest absolute Gasteiger partial charge is 0.164 e. The first-order valence-electron chi connectivity index (χ1n) is 11.4. The molecule has 2 aromatic rings. The molecule has 32 heavy (non-hydrogen) atoms. The molecule has 166 valence electrons. The Labute approximate surface area is 188 Å². The molecule has 0 fully saturated rings. The molecule has 2 aliphatic heterocycles. The minimum Gasteiger partial charge on any atom is -0.362 e. The molecule has 0 amide bonds. The molecule has 0 saturated carbocycles. The van der Waals surface area contributed by atoms with Gasteiger partial charge in [0.1, 0.15) is 0 Å². The van der Waals surface area contributed by atoms with Crippen molar-refractivity contribution in [1.29, 1.82) is 0 Å². The van der Waals surface area contributed by atoms with Crippen LogP contribution >= 0.6 is 0 Å². The average Bonchev–Trinajstić information content (AvgIpc) is 3.41. The summed E-state index contributed by atoms with van der Waals surface area (Å²) in [5, 5.41) is 20.7. The van der Waals surface area contributed by atoms with Crippen molar-refractivity contribution in [3.63, 3.8) is 0 Å². The molecule has 0 spiro atoms. The highest BCUT2D eigenvalue weighted by Gasteiger charge is 2.53. The van der Waals surface area contributed by atoms with Crippen molar-refractivity contribution in [2.75, 3.05) is 0 Å². The summed E-state index contributed by atoms with van der Waals surface area (Å²) in [6.07, 6.45) is 5.58. The number of carbonyl (C=O) groups excluding carboxylic acids is 1. The van der Waals surface area contributed by atoms with Gasteiger partial charge in [-0.15, -0.1) is 5.10 Å². The van der Waals surface area contributed by atoms with E-state index in [2.05, 4.69) is 84.7 Å². The Hall–Kier alpha value is -3.09. The van der Waals surface area contributed by atoms with Crippen LogP contribution in [0.15, 0.2) is 63.7 Å². The van der Waals surface area contributed by atoms with Crippen molar-refractivity contribution in [3.05, 3.63) is 59.1 Å². The number of rotatable bonds is 4. The molecule has 2 atom stereocenters. The lowest BCUT2D eigenvalue weighted by atomic mass is 9.58. The third-order valence-corrected chi connectivity index (χ3v) is 7.02. The van der Waals surface area contributed by atoms with Gasteiger partial charge in [0.25, 0.3) is 0 Å². The zero-order valence-electron chi connectivity index (χ0n) is 19.4. The number of ketones is 1. The Bertz CT molecular complexity index is 1180. The fraction of sp³-hybridized carbons (Fsp3) is 0.480. The number of azo groups is 1. The molecule has 7 nitrogen and oxygen atoms in total. The van der Waals surface area contributed by atoms with E-state index in [1.165, 1.54) is 0 Å². The van der Waals surface area contributed by atoms with E-state index in [0.717, 1.165) is 46.5 Å². The van der Waals surface area contributed by atoms with Gasteiger partial charge in [0, 0.05) is 34.9 Å². The molecule has 1 aliphatic carbocycles. The molecular weight excluding hydrogens is 400 g/mol. The van der Waals surface area contributed by atoms with Gasteiger partial charge in [-0.05, 0) is 43.7 Å². The Morgan fingerprint density at radius 1 is 1.25 bits per heavy atom. The van der Waals surface area contributed by atoms with E-state index in [1.54, 1.807) is 6.20 Å². The summed E-state index contributed by atoms with van der Waals surface area (Å²) in [6, 6.07) is 8.68. The summed E-state index contributed by atoms with van der Waals surface area (Å²) in [4.78, 5) is 13.6. The van der Waals surface area contributed by atoms with Crippen LogP contribution in [0.1, 0.15) is 65.5 Å². The molecule has 1 aromatic carbocycles. The van der Waals surface area contributed by atoms with Gasteiger partial charge in [-0.2, -0.15) is 10.2 Å². The van der Waals surface area contributed by atoms with E-state index < -0.39 is 5.41 Å². The highest BCUT2D eigenvalue weighted by molar-refractivity contribution is 6.01. The van der Waals surface area contributed by atoms with Crippen LogP contribution in [0, 0.1) is 5.41 Å². The van der Waals surface area contributed by atoms with Crippen molar-refractivity contribution >= 4 is 5.78 Å². The highest BCUT2D eigenvalue weighted by atomic mass is 16.1. The minimum atomic E-state index is -0.547. The van der Waals surface area contributed by atoms with E-state index in [-0.39, 0.29) is 23.4 Å². The zero-order valence-corrected chi connectivity index (χ0v) is 19.4. The third-order valence-electron chi connectivity index (χ3n) is 7.02. The van der Waals surface area contributed by atoms with Gasteiger partial charge in [-0.3, -0.25) is 4.79 Å². The van der Waals surface area contributed by atoms with Gasteiger partial charge >= 0.3 is 0 Å². The second-order valence-electron chi connectivity index (χ2n) is 10.2. The summed E-state index contributed by atoms with van der Waals surface area (Å²) >= 11 is 0. The normalized spacial score (nSPS) is 26.1. The minimum absolute atomic E-state index is 0.0728. The lowest BCUT2D eigenvalue weighted by Gasteiger charge is -2.47. The molecule has 7 heteroatoms. The maximum absolute atomic E-state index is 13.6. The molecule has 0 bridgehead atoms. The molecule has 0 radical (unpaired) electrons. The summed E-state index contributed by atoms with van der Waals surface area (Å²) in [6.45, 7) is 10.7. The van der Waals surface area contributed by atoms with E-state index in [9.17, 15) is 4.79 Å². The lowest BCUT2D eigenvalue weighted by Crippen LogP contribution is -2.51. The van der Waals surface area contributed by atoms with Crippen LogP contribution < -0.4 is 5.32 Å². The first-order chi connectivity index (χ1) is 15.3. The van der Waals surface area contributed by atoms with Crippen LogP contribution in [0.4, 0.5) is 0 Å². The fourth-order valence-corrected chi connectivity index (χ4v) is 5.67. The molecule has 0 saturated heterocycles. The summed E-state index contributed by atoms with van der Waals surface area (Å²) in [5.41, 5.74) is 5.46. The number of Topliss-reactive ketones (excluding diaryl/α,β-unsaturated/α-hetero) is 1. The van der Waals surface area contributed by atoms with Crippen LogP contribution in [0.25, 0.3) is 11.3 Å². The number of carbonyl (C=O) groups is 1. The first-order valence-corrected chi connectivity index (χ1v) is 11.4. The lowest BCUT2D eigenvalue weighted by molar-refractivity contribution is -0.119. The number of hydrogen-bond donors (Lipinski definition) is 1. The molecular formula is C25H30N6O. The van der Waals surface area contributed by atoms with Crippen molar-refractivity contribution in [2.45, 2.75) is 71.5 Å². The molecule has 2 unspecified atom stereocenters. The molecule has 1 N–H and O–H groups in total. The number of hydrogen-bond acceptors (Lipinski definition) is 6. The molecule has 5 rings (SSSR count). The molecule has 1 aromatic heterocycles. The van der Waals surface area contributed by atoms with E-state index >= 15 is 0 Å². The first kappa shape index (κ1) is 20.8. The summed E-state index contributed by atoms with van der Waals surface area (Å²) in [5.74, 6) is 0.219. The van der Waals surface area contributed by atoms with Gasteiger partial charge in [0.15, 0.2) is 11.9 Å². The molecule has 3 aliphatic rings. The van der Waals surface area contributed by atoms with Crippen LogP contribution in [0.2, 0.25) is 0 Å². The number of aromatic nitrogens is 3. The van der Waals surface area contributed by atoms with E-state index in [4.69, 9.17) is 0 Å². The Morgan fingerprint density at radius 3 is 2.81 bits per heavy atom. The summed E-state index contributed by atoms with van der Waals surface area (Å²) < 4.78 is 1.93. The zero-order chi connectivity index (χ0) is 22.7. The number of benzene rings is 1. The van der Waals surface area contributed by atoms with Crippen molar-refractivity contribution < 1.29 is 4.79 Å². The van der Waals surface area contributed by atoms with Crippen molar-refractivity contribution in [1.82, 2.24) is 20.3 Å². The van der Waals surface area contributed by atoms with Gasteiger partial charge < -0.3 is 5.32 Å². The van der Waals surface area contributed by atoms with Crippen LogP contribution in [-0.4, -0.2) is 26.9 Å². The predicted molar refractivity (Wildman–Crippen MR) is 123 cm³/mol. The Balaban J connectivity index is 1.73. The maximum Gasteiger partial charge on any atom is 0.164 e. The fourth-order valence-electron chi connectivity index (χ4n) is 5.67. The Kier molecular flexibility index (Phi) is 4.69. The largest absolute Gasteiger partial charge is 0.362 e. The monoisotopic (exact) mass is 430 g/mol. The molecule has 3 heterocycles. The summed E-state index contributed by atoms with van der Waals surface area (Å²) in [7, 11) is 0. The van der Waals surface area contributed by atoms with Crippen molar-refractivity contribution in [2.24, 2.45) is 15.6 Å². The highest BCUT2D eigenvalue weighted by Crippen LogP contribution is 2.54. The van der Waals surface area contributed by atoms with Gasteiger partial charge in [-0.25, -0.2) is 4.68 Å². The number of allylic oxidation sites excluding steroid dienone is 2.